The number of aromatic nitrogens is 2. The van der Waals surface area contributed by atoms with Crippen molar-refractivity contribution in [1.82, 2.24) is 41.9 Å². The molecule has 0 aliphatic carbocycles. The van der Waals surface area contributed by atoms with Crippen LogP contribution in [0.2, 0.25) is 20.1 Å². The summed E-state index contributed by atoms with van der Waals surface area (Å²) in [5.74, 6) is -1.69. The van der Waals surface area contributed by atoms with Crippen molar-refractivity contribution in [2.75, 3.05) is 144 Å². The first-order valence-electron chi connectivity index (χ1n) is 32.2. The number of hydrogen-bond acceptors (Lipinski definition) is 22. The number of esters is 2. The van der Waals surface area contributed by atoms with Gasteiger partial charge in [0.15, 0.2) is 0 Å². The van der Waals surface area contributed by atoms with Gasteiger partial charge in [-0.15, -0.1) is 0 Å². The maximum Gasteiger partial charge on any atom is 0.407 e. The molecule has 2 aromatic heterocycles. The highest BCUT2D eigenvalue weighted by atomic mass is 35.5. The van der Waals surface area contributed by atoms with E-state index < -0.39 is 60.1 Å². The van der Waals surface area contributed by atoms with Gasteiger partial charge in [0.1, 0.15) is 36.9 Å². The number of nitrogens with one attached hydrogen (secondary N) is 8. The normalized spacial score (nSPS) is 12.2. The first-order chi connectivity index (χ1) is 47.3. The molecular weight excluding hydrogens is 1360 g/mol. The van der Waals surface area contributed by atoms with Crippen molar-refractivity contribution in [1.29, 1.82) is 0 Å². The Kier molecular flexibility index (Phi) is 42.4. The van der Waals surface area contributed by atoms with E-state index in [-0.39, 0.29) is 130 Å². The van der Waals surface area contributed by atoms with Gasteiger partial charge >= 0.3 is 24.1 Å². The summed E-state index contributed by atoms with van der Waals surface area (Å²) in [4.78, 5) is 111. The summed E-state index contributed by atoms with van der Waals surface area (Å²) < 4.78 is 53.7. The number of carbonyl (C=O) groups excluding carboxylic acids is 8. The Balaban J connectivity index is 1.01. The summed E-state index contributed by atoms with van der Waals surface area (Å²) in [7, 11) is 2.46. The molecule has 8 N–H and O–H groups in total. The minimum atomic E-state index is -1.14. The molecule has 4 atom stereocenters. The van der Waals surface area contributed by atoms with E-state index in [1.54, 1.807) is 36.7 Å². The van der Waals surface area contributed by atoms with Crippen molar-refractivity contribution < 1.29 is 85.7 Å². The van der Waals surface area contributed by atoms with Crippen LogP contribution in [0.1, 0.15) is 98.5 Å². The number of unbranched alkanes of at least 4 members (excludes halogenated alkanes) is 3. The second-order valence-corrected chi connectivity index (χ2v) is 23.7. The number of aryl methyl sites for hydroxylation is 2. The summed E-state index contributed by atoms with van der Waals surface area (Å²) in [6.07, 6.45) is 5.47. The fourth-order valence-electron chi connectivity index (χ4n) is 8.92. The minimum absolute atomic E-state index is 0.00870. The molecule has 2 heterocycles. The Morgan fingerprint density at radius 2 is 0.755 bits per heavy atom. The number of benzene rings is 2. The van der Waals surface area contributed by atoms with Crippen LogP contribution >= 0.6 is 46.4 Å². The first kappa shape index (κ1) is 83.0. The van der Waals surface area contributed by atoms with Crippen LogP contribution in [0.4, 0.5) is 21.2 Å². The number of alkyl carbamates (subject to hydrolysis) is 2. The van der Waals surface area contributed by atoms with Crippen LogP contribution < -0.4 is 42.5 Å². The van der Waals surface area contributed by atoms with E-state index in [9.17, 15) is 38.4 Å². The minimum Gasteiger partial charge on any atom is -0.469 e. The van der Waals surface area contributed by atoms with Crippen LogP contribution in [0.15, 0.2) is 73.1 Å². The third-order valence-electron chi connectivity index (χ3n) is 13.9. The van der Waals surface area contributed by atoms with Crippen LogP contribution in [0.5, 0.6) is 0 Å². The molecule has 0 fully saturated rings. The lowest BCUT2D eigenvalue weighted by atomic mass is 10.0. The van der Waals surface area contributed by atoms with Crippen molar-refractivity contribution >= 4 is 106 Å². The second kappa shape index (κ2) is 50.0. The molecule has 6 amide bonds. The third-order valence-corrected chi connectivity index (χ3v) is 14.8. The summed E-state index contributed by atoms with van der Waals surface area (Å²) in [5.41, 5.74) is 3.05. The molecule has 0 spiro atoms. The van der Waals surface area contributed by atoms with Gasteiger partial charge in [0.25, 0.3) is 0 Å². The monoisotopic (exact) mass is 1450 g/mol. The van der Waals surface area contributed by atoms with Crippen LogP contribution in [0, 0.1) is 13.8 Å². The van der Waals surface area contributed by atoms with Crippen molar-refractivity contribution in [3.8, 4) is 0 Å². The van der Waals surface area contributed by atoms with Gasteiger partial charge in [0.2, 0.25) is 23.6 Å². The lowest BCUT2D eigenvalue weighted by Gasteiger charge is -2.24. The van der Waals surface area contributed by atoms with Crippen LogP contribution in [0.25, 0.3) is 0 Å². The average Bonchev–Trinajstić information content (AvgIpc) is 0.857. The Morgan fingerprint density at radius 3 is 1.10 bits per heavy atom. The van der Waals surface area contributed by atoms with Gasteiger partial charge in [-0.2, -0.15) is 0 Å². The quantitative estimate of drug-likeness (QED) is 0.0119. The fourth-order valence-corrected chi connectivity index (χ4v) is 10.0. The molecule has 0 saturated heterocycles. The van der Waals surface area contributed by atoms with Crippen molar-refractivity contribution in [2.45, 2.75) is 102 Å². The van der Waals surface area contributed by atoms with Gasteiger partial charge in [0, 0.05) is 71.5 Å². The summed E-state index contributed by atoms with van der Waals surface area (Å²) in [6, 6.07) is 12.9. The molecule has 0 aliphatic heterocycles. The largest absolute Gasteiger partial charge is 0.469 e. The lowest BCUT2D eigenvalue weighted by molar-refractivity contribution is -0.142. The van der Waals surface area contributed by atoms with Gasteiger partial charge in [-0.05, 0) is 135 Å². The summed E-state index contributed by atoms with van der Waals surface area (Å²) in [6.45, 7) is 6.68. The molecule has 4 unspecified atom stereocenters. The topological polar surface area (TPSA) is 351 Å². The highest BCUT2D eigenvalue weighted by Gasteiger charge is 2.29. The highest BCUT2D eigenvalue weighted by molar-refractivity contribution is 6.35. The molecule has 28 nitrogen and oxygen atoms in total. The molecule has 542 valence electrons. The zero-order chi connectivity index (χ0) is 71.1. The number of anilines is 2. The number of carbonyl (C=O) groups is 8. The second-order valence-electron chi connectivity index (χ2n) is 22.0. The fraction of sp³-hybridized carbons (Fsp3) is 0.545. The molecule has 2 aromatic carbocycles. The number of halogens is 4. The number of methoxy groups -OCH3 is 2. The molecule has 0 bridgehead atoms. The average molecular weight is 1460 g/mol. The van der Waals surface area contributed by atoms with Crippen molar-refractivity contribution in [3.63, 3.8) is 0 Å². The van der Waals surface area contributed by atoms with Crippen LogP contribution in [-0.4, -0.2) is 203 Å². The van der Waals surface area contributed by atoms with Crippen LogP contribution in [-0.2, 0) is 76.1 Å². The standard InChI is InChI=1S/C66H92Cl4N10O18/c1-45-13-19-73-57(33-45)71-15-7-5-11-59(81)77-55(63(85)79-53(41-61(83)89-3)47-35-49(67)39-50(68)36-47)43-95-27-25-91-21-23-93-29-31-97-65(87)75-17-9-10-18-76-66(88)98-32-30-94-24-22-92-26-28-96-44-56(78-60(82)12-6-8-16-72-58-34-46(2)14-20-74-58)64(86)80-54(42-62(84)90-4)48-37-51(69)40-52(70)38-48/h13-14,19-20,33-40,53-56H,5-12,15-18,21-32,41-44H2,1-4H3,(H,71,73)(H,72,74)(H,75,87)(H,76,88)(H,77,81)(H,78,82)(H,79,85)(H,80,86). The maximum atomic E-state index is 13.7. The number of nitrogens with zero attached hydrogens (tertiary/aromatic N) is 2. The number of ether oxygens (including phenoxy) is 10. The molecule has 98 heavy (non-hydrogen) atoms. The van der Waals surface area contributed by atoms with E-state index in [2.05, 4.69) is 52.5 Å². The zero-order valence-electron chi connectivity index (χ0n) is 55.8. The Bertz CT molecular complexity index is 2830. The Hall–Kier alpha value is -7.38. The molecule has 0 saturated carbocycles. The van der Waals surface area contributed by atoms with E-state index in [1.165, 1.54) is 26.4 Å². The predicted molar refractivity (Wildman–Crippen MR) is 367 cm³/mol. The number of pyridine rings is 2. The van der Waals surface area contributed by atoms with E-state index in [0.29, 0.717) is 95.9 Å². The molecule has 32 heteroatoms. The smallest absolute Gasteiger partial charge is 0.407 e. The maximum absolute atomic E-state index is 13.7. The van der Waals surface area contributed by atoms with Gasteiger partial charge < -0.3 is 89.9 Å². The van der Waals surface area contributed by atoms with Crippen molar-refractivity contribution in [2.24, 2.45) is 0 Å². The zero-order valence-corrected chi connectivity index (χ0v) is 58.8. The number of amides is 6. The van der Waals surface area contributed by atoms with E-state index >= 15 is 0 Å². The Morgan fingerprint density at radius 1 is 0.418 bits per heavy atom. The summed E-state index contributed by atoms with van der Waals surface area (Å²) >= 11 is 25.0. The highest BCUT2D eigenvalue weighted by Crippen LogP contribution is 2.28. The van der Waals surface area contributed by atoms with Gasteiger partial charge in [-0.3, -0.25) is 28.8 Å². The lowest BCUT2D eigenvalue weighted by Crippen LogP contribution is -2.50. The van der Waals surface area contributed by atoms with E-state index in [0.717, 1.165) is 22.8 Å². The first-order valence-corrected chi connectivity index (χ1v) is 33.7. The molecule has 0 aliphatic rings. The van der Waals surface area contributed by atoms with Gasteiger partial charge in [-0.25, -0.2) is 19.6 Å². The third kappa shape index (κ3) is 38.1. The van der Waals surface area contributed by atoms with Gasteiger partial charge in [0.05, 0.1) is 118 Å². The Labute approximate surface area is 591 Å². The summed E-state index contributed by atoms with van der Waals surface area (Å²) in [5, 5.41) is 24.0. The molecular formula is C66H92Cl4N10O18. The predicted octanol–water partition coefficient (Wildman–Crippen LogP) is 7.71. The molecule has 4 aromatic rings. The van der Waals surface area contributed by atoms with E-state index in [4.69, 9.17) is 93.8 Å². The van der Waals surface area contributed by atoms with Crippen molar-refractivity contribution in [3.05, 3.63) is 115 Å². The van der Waals surface area contributed by atoms with E-state index in [1.807, 2.05) is 38.1 Å². The number of rotatable bonds is 51. The van der Waals surface area contributed by atoms with Crippen LogP contribution in [0.3, 0.4) is 0 Å². The van der Waals surface area contributed by atoms with Gasteiger partial charge in [-0.1, -0.05) is 46.4 Å². The molecule has 0 radical (unpaired) electrons. The molecule has 4 rings (SSSR count). The number of hydrogen-bond donors (Lipinski definition) is 8. The SMILES string of the molecule is COC(=O)CC(NC(=O)C(COCCOCCOCCOC(=O)NCCCCNC(=O)OCCOCCOCCOCC(NC(=O)CCCCNc1cc(C)ccn1)C(=O)NC(CC(=O)OC)c1cc(Cl)cc(Cl)c1)NC(=O)CCCCNc1cc(C)ccn1)c1cc(Cl)cc(Cl)c1.